The summed E-state index contributed by atoms with van der Waals surface area (Å²) in [5.74, 6) is -0.0746. The van der Waals surface area contributed by atoms with Crippen LogP contribution in [0, 0.1) is 11.7 Å². The molecule has 11 heteroatoms. The van der Waals surface area contributed by atoms with Gasteiger partial charge >= 0.3 is 0 Å². The first-order chi connectivity index (χ1) is 18.3. The molecule has 2 aromatic carbocycles. The fraction of sp³-hybridized carbons (Fsp3) is 0.296. The number of phenolic OH excluding ortho intramolecular Hbond substituents is 1. The molecule has 4 aromatic rings. The predicted octanol–water partition coefficient (Wildman–Crippen LogP) is 3.71. The Bertz CT molecular complexity index is 1340. The highest BCUT2D eigenvalue weighted by Gasteiger charge is 2.32. The monoisotopic (exact) mass is 520 g/mol. The fourth-order valence-electron chi connectivity index (χ4n) is 3.84. The minimum absolute atomic E-state index is 0.00843. The highest BCUT2D eigenvalue weighted by atomic mass is 19.1. The first-order valence-corrected chi connectivity index (χ1v) is 12.2. The molecular formula is C27H29FN6O4. The van der Waals surface area contributed by atoms with Crippen molar-refractivity contribution in [2.45, 2.75) is 39.4 Å². The molecule has 2 aromatic heterocycles. The number of carbonyl (C=O) groups excluding carboxylic acids is 2. The van der Waals surface area contributed by atoms with E-state index in [0.717, 1.165) is 11.2 Å². The summed E-state index contributed by atoms with van der Waals surface area (Å²) < 4.78 is 18.8. The van der Waals surface area contributed by atoms with Crippen molar-refractivity contribution in [3.05, 3.63) is 84.1 Å². The lowest BCUT2D eigenvalue weighted by molar-refractivity contribution is -0.142. The number of phenols is 1. The molecule has 0 spiro atoms. The van der Waals surface area contributed by atoms with Gasteiger partial charge in [0.2, 0.25) is 17.6 Å². The Hall–Kier alpha value is -4.54. The number of carbonyl (C=O) groups is 2. The second kappa shape index (κ2) is 12.1. The van der Waals surface area contributed by atoms with Crippen molar-refractivity contribution < 1.29 is 23.5 Å². The Morgan fingerprint density at radius 2 is 1.84 bits per heavy atom. The normalized spacial score (nSPS) is 11.9. The van der Waals surface area contributed by atoms with Crippen molar-refractivity contribution in [3.8, 4) is 17.1 Å². The van der Waals surface area contributed by atoms with E-state index in [2.05, 4.69) is 34.6 Å². The van der Waals surface area contributed by atoms with Gasteiger partial charge in [0.15, 0.2) is 0 Å². The third-order valence-corrected chi connectivity index (χ3v) is 5.85. The molecule has 0 bridgehead atoms. The second-order valence-electron chi connectivity index (χ2n) is 9.22. The number of hydrogen-bond donors (Lipinski definition) is 2. The lowest BCUT2D eigenvalue weighted by Gasteiger charge is -2.30. The molecule has 0 aliphatic carbocycles. The number of amides is 2. The molecule has 0 aliphatic heterocycles. The lowest BCUT2D eigenvalue weighted by atomic mass is 10.0. The average molecular weight is 521 g/mol. The van der Waals surface area contributed by atoms with Crippen LogP contribution < -0.4 is 5.32 Å². The first kappa shape index (κ1) is 26.5. The van der Waals surface area contributed by atoms with Crippen LogP contribution in [0.25, 0.3) is 11.4 Å². The van der Waals surface area contributed by atoms with E-state index >= 15 is 0 Å². The molecular weight excluding hydrogens is 491 g/mol. The molecule has 1 atom stereocenters. The maximum atomic E-state index is 13.7. The molecule has 198 valence electrons. The van der Waals surface area contributed by atoms with Gasteiger partial charge in [-0.1, -0.05) is 26.0 Å². The number of furan rings is 1. The van der Waals surface area contributed by atoms with Gasteiger partial charge < -0.3 is 19.7 Å². The Morgan fingerprint density at radius 3 is 2.50 bits per heavy atom. The van der Waals surface area contributed by atoms with Gasteiger partial charge in [-0.2, -0.15) is 4.80 Å². The summed E-state index contributed by atoms with van der Waals surface area (Å²) in [6.45, 7) is 4.26. The fourth-order valence-corrected chi connectivity index (χ4v) is 3.84. The van der Waals surface area contributed by atoms with Crippen LogP contribution >= 0.6 is 0 Å². The van der Waals surface area contributed by atoms with Crippen LogP contribution in [-0.2, 0) is 22.7 Å². The molecule has 10 nitrogen and oxygen atoms in total. The molecule has 2 amide bonds. The average Bonchev–Trinajstić information content (AvgIpc) is 3.57. The summed E-state index contributed by atoms with van der Waals surface area (Å²) in [5, 5.41) is 24.9. The van der Waals surface area contributed by atoms with Crippen molar-refractivity contribution >= 4 is 11.8 Å². The van der Waals surface area contributed by atoms with Gasteiger partial charge in [0.25, 0.3) is 0 Å². The highest BCUT2D eigenvalue weighted by molar-refractivity contribution is 5.88. The topological polar surface area (TPSA) is 126 Å². The van der Waals surface area contributed by atoms with E-state index in [1.54, 1.807) is 24.3 Å². The van der Waals surface area contributed by atoms with E-state index in [0.29, 0.717) is 29.3 Å². The van der Waals surface area contributed by atoms with Gasteiger partial charge in [0.1, 0.15) is 29.9 Å². The summed E-state index contributed by atoms with van der Waals surface area (Å²) in [7, 11) is 0. The van der Waals surface area contributed by atoms with E-state index in [-0.39, 0.29) is 30.6 Å². The van der Waals surface area contributed by atoms with E-state index in [1.165, 1.54) is 47.6 Å². The number of nitrogens with one attached hydrogen (secondary N) is 1. The first-order valence-electron chi connectivity index (χ1n) is 12.2. The van der Waals surface area contributed by atoms with Crippen molar-refractivity contribution in [2.75, 3.05) is 6.54 Å². The largest absolute Gasteiger partial charge is 0.508 e. The predicted molar refractivity (Wildman–Crippen MR) is 136 cm³/mol. The van der Waals surface area contributed by atoms with Gasteiger partial charge in [0.05, 0.1) is 12.8 Å². The summed E-state index contributed by atoms with van der Waals surface area (Å²) in [5.41, 5.74) is 1.06. The number of halogens is 1. The van der Waals surface area contributed by atoms with Crippen molar-refractivity contribution in [2.24, 2.45) is 5.92 Å². The van der Waals surface area contributed by atoms with E-state index in [4.69, 9.17) is 4.42 Å². The number of tetrazole rings is 1. The van der Waals surface area contributed by atoms with Crippen LogP contribution in [0.1, 0.15) is 37.6 Å². The quantitative estimate of drug-likeness (QED) is 0.309. The lowest BCUT2D eigenvalue weighted by Crippen LogP contribution is -2.45. The maximum Gasteiger partial charge on any atom is 0.247 e. The summed E-state index contributed by atoms with van der Waals surface area (Å²) >= 11 is 0. The molecule has 2 N–H and O–H groups in total. The van der Waals surface area contributed by atoms with E-state index in [9.17, 15) is 19.1 Å². The zero-order chi connectivity index (χ0) is 27.1. The third-order valence-electron chi connectivity index (χ3n) is 5.85. The van der Waals surface area contributed by atoms with Crippen LogP contribution in [0.5, 0.6) is 5.75 Å². The molecule has 0 saturated carbocycles. The minimum Gasteiger partial charge on any atom is -0.508 e. The molecule has 4 rings (SSSR count). The summed E-state index contributed by atoms with van der Waals surface area (Å²) in [4.78, 5) is 29.7. The Morgan fingerprint density at radius 1 is 1.11 bits per heavy atom. The Balaban J connectivity index is 1.62. The number of aromatic hydroxyl groups is 1. The van der Waals surface area contributed by atoms with Crippen LogP contribution in [0.15, 0.2) is 71.3 Å². The smallest absolute Gasteiger partial charge is 0.247 e. The Labute approximate surface area is 219 Å². The SMILES string of the molecule is CC(C)CCNC(=O)[C@H](c1ccc(O)cc1)N(Cc1ccco1)C(=O)Cn1nnc(-c2ccc(F)cc2)n1. The van der Waals surface area contributed by atoms with Crippen LogP contribution in [0.2, 0.25) is 0 Å². The standard InChI is InChI=1S/C27H29FN6O4/c1-18(2)13-14-29-27(37)25(19-7-11-22(35)12-8-19)33(16-23-4-3-15-38-23)24(36)17-34-31-26(30-32-34)20-5-9-21(28)10-6-20/h3-12,15,18,25,35H,13-14,16-17H2,1-2H3,(H,29,37)/t25-/m0/s1. The van der Waals surface area contributed by atoms with Gasteiger partial charge in [-0.3, -0.25) is 9.59 Å². The molecule has 2 heterocycles. The van der Waals surface area contributed by atoms with Gasteiger partial charge in [-0.25, -0.2) is 4.39 Å². The van der Waals surface area contributed by atoms with Crippen molar-refractivity contribution in [1.82, 2.24) is 30.4 Å². The van der Waals surface area contributed by atoms with E-state index in [1.807, 2.05) is 0 Å². The number of aromatic nitrogens is 4. The van der Waals surface area contributed by atoms with Crippen molar-refractivity contribution in [1.29, 1.82) is 0 Å². The molecule has 0 saturated heterocycles. The highest BCUT2D eigenvalue weighted by Crippen LogP contribution is 2.26. The number of benzene rings is 2. The Kier molecular flexibility index (Phi) is 8.47. The van der Waals surface area contributed by atoms with Gasteiger partial charge in [0, 0.05) is 12.1 Å². The maximum absolute atomic E-state index is 13.7. The zero-order valence-electron chi connectivity index (χ0n) is 21.1. The summed E-state index contributed by atoms with van der Waals surface area (Å²) in [6.07, 6.45) is 2.26. The minimum atomic E-state index is -1.01. The number of hydrogen-bond acceptors (Lipinski definition) is 7. The number of nitrogens with zero attached hydrogens (tertiary/aromatic N) is 5. The second-order valence-corrected chi connectivity index (χ2v) is 9.22. The molecule has 0 radical (unpaired) electrons. The van der Waals surface area contributed by atoms with Crippen molar-refractivity contribution in [3.63, 3.8) is 0 Å². The molecule has 38 heavy (non-hydrogen) atoms. The zero-order valence-corrected chi connectivity index (χ0v) is 21.1. The van der Waals surface area contributed by atoms with Gasteiger partial charge in [-0.05, 0) is 71.6 Å². The molecule has 0 unspecified atom stereocenters. The molecule has 0 aliphatic rings. The van der Waals surface area contributed by atoms with E-state index < -0.39 is 17.8 Å². The van der Waals surface area contributed by atoms with Crippen LogP contribution in [0.4, 0.5) is 4.39 Å². The van der Waals surface area contributed by atoms with Gasteiger partial charge in [-0.15, -0.1) is 10.2 Å². The third kappa shape index (κ3) is 6.81. The van der Waals surface area contributed by atoms with Crippen LogP contribution in [-0.4, -0.2) is 48.6 Å². The molecule has 0 fully saturated rings. The number of rotatable bonds is 11. The summed E-state index contributed by atoms with van der Waals surface area (Å²) in [6, 6.07) is 14.1. The van der Waals surface area contributed by atoms with Crippen LogP contribution in [0.3, 0.4) is 0 Å².